The van der Waals surface area contributed by atoms with Crippen molar-refractivity contribution in [2.45, 2.75) is 45.4 Å². The molecule has 2 saturated carbocycles. The number of amides is 1. The van der Waals surface area contributed by atoms with Gasteiger partial charge in [0, 0.05) is 19.0 Å². The number of likely N-dealkylation sites (tertiary alicyclic amines) is 1. The zero-order valence-corrected chi connectivity index (χ0v) is 10.9. The first-order chi connectivity index (χ1) is 8.09. The van der Waals surface area contributed by atoms with E-state index in [1.807, 2.05) is 0 Å². The van der Waals surface area contributed by atoms with E-state index in [0.29, 0.717) is 23.8 Å². The standard InChI is InChI=1S/C14H24N2O/c1-13(9-15)6-7-16(10-13)12(17)11-8-14(11)4-2-3-5-14/h11H,2-10,15H2,1H3. The Labute approximate surface area is 104 Å². The molecule has 96 valence electrons. The molecule has 3 aliphatic rings. The average Bonchev–Trinajstić information content (AvgIpc) is 2.66. The van der Waals surface area contributed by atoms with Crippen LogP contribution in [-0.2, 0) is 4.79 Å². The fourth-order valence-corrected chi connectivity index (χ4v) is 3.93. The molecule has 1 heterocycles. The Hall–Kier alpha value is -0.570. The molecule has 0 bridgehead atoms. The van der Waals surface area contributed by atoms with Crippen molar-refractivity contribution in [2.24, 2.45) is 22.5 Å². The van der Waals surface area contributed by atoms with Gasteiger partial charge in [-0.3, -0.25) is 4.79 Å². The minimum Gasteiger partial charge on any atom is -0.342 e. The van der Waals surface area contributed by atoms with Crippen LogP contribution in [0.4, 0.5) is 0 Å². The molecule has 17 heavy (non-hydrogen) atoms. The molecule has 0 aromatic heterocycles. The number of rotatable bonds is 2. The highest BCUT2D eigenvalue weighted by molar-refractivity contribution is 5.83. The lowest BCUT2D eigenvalue weighted by atomic mass is 9.90. The summed E-state index contributed by atoms with van der Waals surface area (Å²) in [5.41, 5.74) is 6.42. The first-order valence-electron chi connectivity index (χ1n) is 7.08. The van der Waals surface area contributed by atoms with Gasteiger partial charge in [0.05, 0.1) is 0 Å². The van der Waals surface area contributed by atoms with Crippen molar-refractivity contribution in [1.82, 2.24) is 4.90 Å². The van der Waals surface area contributed by atoms with Gasteiger partial charge in [-0.1, -0.05) is 19.8 Å². The highest BCUT2D eigenvalue weighted by Gasteiger charge is 2.60. The molecule has 3 heteroatoms. The molecular formula is C14H24N2O. The predicted octanol–water partition coefficient (Wildman–Crippen LogP) is 1.76. The minimum absolute atomic E-state index is 0.174. The van der Waals surface area contributed by atoms with E-state index in [2.05, 4.69) is 11.8 Å². The van der Waals surface area contributed by atoms with Crippen molar-refractivity contribution in [3.05, 3.63) is 0 Å². The van der Waals surface area contributed by atoms with Crippen molar-refractivity contribution in [3.63, 3.8) is 0 Å². The van der Waals surface area contributed by atoms with E-state index in [1.165, 1.54) is 32.1 Å². The number of carbonyl (C=O) groups excluding carboxylic acids is 1. The Morgan fingerprint density at radius 2 is 2.06 bits per heavy atom. The van der Waals surface area contributed by atoms with Crippen molar-refractivity contribution in [3.8, 4) is 0 Å². The summed E-state index contributed by atoms with van der Waals surface area (Å²) in [5, 5.41) is 0. The minimum atomic E-state index is 0.174. The molecule has 2 atom stereocenters. The van der Waals surface area contributed by atoms with E-state index >= 15 is 0 Å². The van der Waals surface area contributed by atoms with Gasteiger partial charge in [-0.05, 0) is 43.1 Å². The molecule has 3 nitrogen and oxygen atoms in total. The van der Waals surface area contributed by atoms with Crippen LogP contribution in [0.15, 0.2) is 0 Å². The number of nitrogens with two attached hydrogens (primary N) is 1. The van der Waals surface area contributed by atoms with Crippen LogP contribution in [0.25, 0.3) is 0 Å². The zero-order chi connectivity index (χ0) is 12.1. The second kappa shape index (κ2) is 3.71. The largest absolute Gasteiger partial charge is 0.342 e. The van der Waals surface area contributed by atoms with Crippen molar-refractivity contribution < 1.29 is 4.79 Å². The Balaban J connectivity index is 1.62. The first-order valence-corrected chi connectivity index (χ1v) is 7.08. The molecule has 1 saturated heterocycles. The highest BCUT2D eigenvalue weighted by atomic mass is 16.2. The van der Waals surface area contributed by atoms with Crippen LogP contribution in [0.1, 0.15) is 45.4 Å². The maximum absolute atomic E-state index is 12.5. The molecule has 1 aliphatic heterocycles. The van der Waals surface area contributed by atoms with Crippen LogP contribution in [0.3, 0.4) is 0 Å². The normalized spacial score (nSPS) is 38.9. The monoisotopic (exact) mass is 236 g/mol. The van der Waals surface area contributed by atoms with Gasteiger partial charge in [0.25, 0.3) is 0 Å². The molecule has 2 unspecified atom stereocenters. The van der Waals surface area contributed by atoms with Crippen molar-refractivity contribution in [1.29, 1.82) is 0 Å². The van der Waals surface area contributed by atoms with Gasteiger partial charge in [0.15, 0.2) is 0 Å². The molecule has 3 fully saturated rings. The van der Waals surface area contributed by atoms with Gasteiger partial charge in [0.2, 0.25) is 5.91 Å². The molecule has 0 aromatic carbocycles. The Kier molecular flexibility index (Phi) is 2.51. The summed E-state index contributed by atoms with van der Waals surface area (Å²) in [6.07, 6.45) is 7.52. The van der Waals surface area contributed by atoms with Crippen LogP contribution in [0.5, 0.6) is 0 Å². The molecule has 3 rings (SSSR count). The maximum atomic E-state index is 12.5. The van der Waals surface area contributed by atoms with Gasteiger partial charge in [0.1, 0.15) is 0 Å². The van der Waals surface area contributed by atoms with Gasteiger partial charge in [-0.25, -0.2) is 0 Å². The van der Waals surface area contributed by atoms with E-state index in [0.717, 1.165) is 19.5 Å². The molecule has 0 aromatic rings. The quantitative estimate of drug-likeness (QED) is 0.794. The topological polar surface area (TPSA) is 46.3 Å². The third-order valence-electron chi connectivity index (χ3n) is 5.45. The van der Waals surface area contributed by atoms with E-state index < -0.39 is 0 Å². The van der Waals surface area contributed by atoms with Crippen LogP contribution in [-0.4, -0.2) is 30.4 Å². The summed E-state index contributed by atoms with van der Waals surface area (Å²) in [5.74, 6) is 0.800. The molecule has 2 N–H and O–H groups in total. The SMILES string of the molecule is CC1(CN)CCN(C(=O)C2CC23CCCC3)C1. The second-order valence-electron chi connectivity index (χ2n) is 6.85. The highest BCUT2D eigenvalue weighted by Crippen LogP contribution is 2.63. The smallest absolute Gasteiger partial charge is 0.226 e. The Morgan fingerprint density at radius 1 is 1.35 bits per heavy atom. The summed E-state index contributed by atoms with van der Waals surface area (Å²) in [6.45, 7) is 4.72. The van der Waals surface area contributed by atoms with Crippen LogP contribution in [0.2, 0.25) is 0 Å². The molecular weight excluding hydrogens is 212 g/mol. The van der Waals surface area contributed by atoms with Gasteiger partial charge in [-0.15, -0.1) is 0 Å². The van der Waals surface area contributed by atoms with Crippen LogP contribution in [0, 0.1) is 16.7 Å². The molecule has 0 radical (unpaired) electrons. The molecule has 2 aliphatic carbocycles. The summed E-state index contributed by atoms with van der Waals surface area (Å²) in [6, 6.07) is 0. The fourth-order valence-electron chi connectivity index (χ4n) is 3.93. The predicted molar refractivity (Wildman–Crippen MR) is 67.4 cm³/mol. The third-order valence-corrected chi connectivity index (χ3v) is 5.45. The van der Waals surface area contributed by atoms with Gasteiger partial charge in [-0.2, -0.15) is 0 Å². The number of nitrogens with zero attached hydrogens (tertiary/aromatic N) is 1. The summed E-state index contributed by atoms with van der Waals surface area (Å²) in [4.78, 5) is 14.5. The van der Waals surface area contributed by atoms with Crippen molar-refractivity contribution >= 4 is 5.91 Å². The summed E-state index contributed by atoms with van der Waals surface area (Å²) in [7, 11) is 0. The fraction of sp³-hybridized carbons (Fsp3) is 0.929. The summed E-state index contributed by atoms with van der Waals surface area (Å²) >= 11 is 0. The van der Waals surface area contributed by atoms with E-state index in [-0.39, 0.29) is 5.41 Å². The van der Waals surface area contributed by atoms with Gasteiger partial charge < -0.3 is 10.6 Å². The third kappa shape index (κ3) is 1.79. The Morgan fingerprint density at radius 3 is 2.65 bits per heavy atom. The van der Waals surface area contributed by atoms with E-state index in [1.54, 1.807) is 0 Å². The summed E-state index contributed by atoms with van der Waals surface area (Å²) < 4.78 is 0. The molecule has 1 spiro atoms. The van der Waals surface area contributed by atoms with E-state index in [4.69, 9.17) is 5.73 Å². The van der Waals surface area contributed by atoms with Crippen molar-refractivity contribution in [2.75, 3.05) is 19.6 Å². The number of hydrogen-bond donors (Lipinski definition) is 1. The van der Waals surface area contributed by atoms with Crippen LogP contribution < -0.4 is 5.73 Å². The lowest BCUT2D eigenvalue weighted by Crippen LogP contribution is -2.36. The van der Waals surface area contributed by atoms with Crippen LogP contribution >= 0.6 is 0 Å². The lowest BCUT2D eigenvalue weighted by molar-refractivity contribution is -0.132. The van der Waals surface area contributed by atoms with Gasteiger partial charge >= 0.3 is 0 Å². The maximum Gasteiger partial charge on any atom is 0.226 e. The lowest BCUT2D eigenvalue weighted by Gasteiger charge is -2.23. The first kappa shape index (κ1) is 11.5. The Bertz CT molecular complexity index is 335. The van der Waals surface area contributed by atoms with E-state index in [9.17, 15) is 4.79 Å². The second-order valence-corrected chi connectivity index (χ2v) is 6.85. The zero-order valence-electron chi connectivity index (χ0n) is 10.9. The average molecular weight is 236 g/mol. The molecule has 1 amide bonds. The number of hydrogen-bond acceptors (Lipinski definition) is 2. The number of carbonyl (C=O) groups is 1.